The number of aliphatic hydroxyl groups is 1. The van der Waals surface area contributed by atoms with E-state index in [1.54, 1.807) is 24.3 Å². The zero-order valence-corrected chi connectivity index (χ0v) is 11.1. The Morgan fingerprint density at radius 1 is 1.35 bits per heavy atom. The molecule has 0 aliphatic heterocycles. The SMILES string of the molecule is O=C(Nc1ccc(Cl)cc1C#CCO)c1ccnnc1. The van der Waals surface area contributed by atoms with Crippen molar-refractivity contribution in [1.82, 2.24) is 10.2 Å². The fourth-order valence-corrected chi connectivity index (χ4v) is 1.66. The number of hydrogen-bond acceptors (Lipinski definition) is 4. The number of aromatic nitrogens is 2. The number of nitrogens with zero attached hydrogens (tertiary/aromatic N) is 2. The molecule has 0 saturated carbocycles. The van der Waals surface area contributed by atoms with Crippen molar-refractivity contribution >= 4 is 23.2 Å². The predicted molar refractivity (Wildman–Crippen MR) is 75.4 cm³/mol. The van der Waals surface area contributed by atoms with Crippen molar-refractivity contribution in [2.24, 2.45) is 0 Å². The summed E-state index contributed by atoms with van der Waals surface area (Å²) in [6.07, 6.45) is 2.80. The molecule has 0 radical (unpaired) electrons. The molecule has 0 spiro atoms. The lowest BCUT2D eigenvalue weighted by Crippen LogP contribution is -2.13. The zero-order valence-electron chi connectivity index (χ0n) is 10.3. The maximum Gasteiger partial charge on any atom is 0.257 e. The summed E-state index contributed by atoms with van der Waals surface area (Å²) in [6, 6.07) is 6.46. The summed E-state index contributed by atoms with van der Waals surface area (Å²) < 4.78 is 0. The van der Waals surface area contributed by atoms with Crippen LogP contribution in [0.25, 0.3) is 0 Å². The maximum absolute atomic E-state index is 12.0. The normalized spacial score (nSPS) is 9.50. The van der Waals surface area contributed by atoms with Crippen molar-refractivity contribution in [3.63, 3.8) is 0 Å². The Kier molecular flexibility index (Phi) is 4.66. The minimum absolute atomic E-state index is 0.270. The van der Waals surface area contributed by atoms with Crippen molar-refractivity contribution in [1.29, 1.82) is 0 Å². The van der Waals surface area contributed by atoms with Crippen molar-refractivity contribution in [2.75, 3.05) is 11.9 Å². The van der Waals surface area contributed by atoms with Crippen LogP contribution in [0.3, 0.4) is 0 Å². The molecule has 0 bridgehead atoms. The molecule has 20 heavy (non-hydrogen) atoms. The second-order valence-electron chi connectivity index (χ2n) is 3.74. The monoisotopic (exact) mass is 287 g/mol. The van der Waals surface area contributed by atoms with Gasteiger partial charge in [-0.05, 0) is 24.3 Å². The van der Waals surface area contributed by atoms with E-state index in [2.05, 4.69) is 27.4 Å². The van der Waals surface area contributed by atoms with Crippen molar-refractivity contribution < 1.29 is 9.90 Å². The summed E-state index contributed by atoms with van der Waals surface area (Å²) in [4.78, 5) is 12.0. The predicted octanol–water partition coefficient (Wildman–Crippen LogP) is 1.73. The molecule has 1 heterocycles. The summed E-state index contributed by atoms with van der Waals surface area (Å²) in [5.74, 6) is 4.93. The molecule has 0 saturated heterocycles. The summed E-state index contributed by atoms with van der Waals surface area (Å²) in [7, 11) is 0. The molecule has 0 unspecified atom stereocenters. The quantitative estimate of drug-likeness (QED) is 0.825. The largest absolute Gasteiger partial charge is 0.384 e. The molecule has 5 nitrogen and oxygen atoms in total. The van der Waals surface area contributed by atoms with Gasteiger partial charge in [-0.3, -0.25) is 4.79 Å². The molecule has 1 amide bonds. The fraction of sp³-hybridized carbons (Fsp3) is 0.0714. The van der Waals surface area contributed by atoms with E-state index in [1.807, 2.05) is 0 Å². The fourth-order valence-electron chi connectivity index (χ4n) is 1.48. The van der Waals surface area contributed by atoms with E-state index in [-0.39, 0.29) is 12.5 Å². The minimum Gasteiger partial charge on any atom is -0.384 e. The smallest absolute Gasteiger partial charge is 0.257 e. The van der Waals surface area contributed by atoms with Gasteiger partial charge < -0.3 is 10.4 Å². The van der Waals surface area contributed by atoms with E-state index < -0.39 is 0 Å². The molecule has 0 fully saturated rings. The number of benzene rings is 1. The van der Waals surface area contributed by atoms with Crippen LogP contribution in [0.15, 0.2) is 36.7 Å². The van der Waals surface area contributed by atoms with Crippen LogP contribution in [-0.2, 0) is 0 Å². The molecule has 0 atom stereocenters. The number of nitrogens with one attached hydrogen (secondary N) is 1. The number of carbonyl (C=O) groups excluding carboxylic acids is 1. The molecule has 100 valence electrons. The number of anilines is 1. The first-order chi connectivity index (χ1) is 9.70. The minimum atomic E-state index is -0.325. The van der Waals surface area contributed by atoms with Crippen LogP contribution in [0.2, 0.25) is 5.02 Å². The highest BCUT2D eigenvalue weighted by molar-refractivity contribution is 6.30. The van der Waals surface area contributed by atoms with Gasteiger partial charge in [0.05, 0.1) is 23.6 Å². The summed E-state index contributed by atoms with van der Waals surface area (Å²) >= 11 is 5.89. The van der Waals surface area contributed by atoms with Crippen LogP contribution >= 0.6 is 11.6 Å². The first kappa shape index (κ1) is 14.0. The lowest BCUT2D eigenvalue weighted by atomic mass is 10.1. The van der Waals surface area contributed by atoms with E-state index in [1.165, 1.54) is 12.4 Å². The molecule has 1 aromatic heterocycles. The molecule has 2 aromatic rings. The van der Waals surface area contributed by atoms with E-state index in [0.29, 0.717) is 21.8 Å². The van der Waals surface area contributed by atoms with Gasteiger partial charge in [0.1, 0.15) is 6.61 Å². The van der Waals surface area contributed by atoms with Crippen LogP contribution in [0, 0.1) is 11.8 Å². The van der Waals surface area contributed by atoms with Gasteiger partial charge >= 0.3 is 0 Å². The summed E-state index contributed by atoms with van der Waals surface area (Å²) in [6.45, 7) is -0.270. The van der Waals surface area contributed by atoms with Gasteiger partial charge in [-0.1, -0.05) is 23.4 Å². The lowest BCUT2D eigenvalue weighted by molar-refractivity contribution is 0.102. The number of hydrogen-bond donors (Lipinski definition) is 2. The number of rotatable bonds is 2. The Morgan fingerprint density at radius 2 is 2.20 bits per heavy atom. The maximum atomic E-state index is 12.0. The molecule has 0 aliphatic rings. The second-order valence-corrected chi connectivity index (χ2v) is 4.17. The van der Waals surface area contributed by atoms with Gasteiger partial charge in [-0.25, -0.2) is 0 Å². The van der Waals surface area contributed by atoms with Crippen LogP contribution in [0.5, 0.6) is 0 Å². The first-order valence-electron chi connectivity index (χ1n) is 5.68. The molecular weight excluding hydrogens is 278 g/mol. The van der Waals surface area contributed by atoms with Gasteiger partial charge in [0, 0.05) is 10.6 Å². The Bertz CT molecular complexity index is 678. The van der Waals surface area contributed by atoms with Crippen LogP contribution < -0.4 is 5.32 Å². The van der Waals surface area contributed by atoms with Crippen molar-refractivity contribution in [2.45, 2.75) is 0 Å². The van der Waals surface area contributed by atoms with Crippen LogP contribution in [0.4, 0.5) is 5.69 Å². The topological polar surface area (TPSA) is 75.1 Å². The zero-order chi connectivity index (χ0) is 14.4. The molecule has 2 rings (SSSR count). The third-order valence-electron chi connectivity index (χ3n) is 2.38. The van der Waals surface area contributed by atoms with Crippen molar-refractivity contribution in [3.8, 4) is 11.8 Å². The van der Waals surface area contributed by atoms with E-state index >= 15 is 0 Å². The number of halogens is 1. The van der Waals surface area contributed by atoms with Crippen molar-refractivity contribution in [3.05, 3.63) is 52.8 Å². The third kappa shape index (κ3) is 3.54. The van der Waals surface area contributed by atoms with E-state index in [9.17, 15) is 4.79 Å². The Labute approximate surface area is 120 Å². The Hall–Kier alpha value is -2.42. The number of carbonyl (C=O) groups is 1. The van der Waals surface area contributed by atoms with Crippen LogP contribution in [-0.4, -0.2) is 27.8 Å². The standard InChI is InChI=1S/C14H10ClN3O2/c15-12-3-4-13(10(8-12)2-1-7-19)18-14(20)11-5-6-16-17-9-11/h3-6,8-9,19H,7H2,(H,18,20). The molecule has 6 heteroatoms. The average Bonchev–Trinajstić information content (AvgIpc) is 2.48. The molecule has 2 N–H and O–H groups in total. The highest BCUT2D eigenvalue weighted by Crippen LogP contribution is 2.20. The van der Waals surface area contributed by atoms with Gasteiger partial charge in [0.15, 0.2) is 0 Å². The number of amides is 1. The molecule has 0 aliphatic carbocycles. The van der Waals surface area contributed by atoms with Gasteiger partial charge in [-0.15, -0.1) is 0 Å². The van der Waals surface area contributed by atoms with Gasteiger partial charge in [0.2, 0.25) is 0 Å². The van der Waals surface area contributed by atoms with E-state index in [0.717, 1.165) is 0 Å². The van der Waals surface area contributed by atoms with E-state index in [4.69, 9.17) is 16.7 Å². The Balaban J connectivity index is 2.27. The first-order valence-corrected chi connectivity index (χ1v) is 6.06. The summed E-state index contributed by atoms with van der Waals surface area (Å²) in [5.41, 5.74) is 1.43. The molecule has 1 aromatic carbocycles. The third-order valence-corrected chi connectivity index (χ3v) is 2.61. The van der Waals surface area contributed by atoms with Gasteiger partial charge in [-0.2, -0.15) is 10.2 Å². The number of aliphatic hydroxyl groups excluding tert-OH is 1. The lowest BCUT2D eigenvalue weighted by Gasteiger charge is -2.07. The highest BCUT2D eigenvalue weighted by Gasteiger charge is 2.09. The van der Waals surface area contributed by atoms with Gasteiger partial charge in [0.25, 0.3) is 5.91 Å². The average molecular weight is 288 g/mol. The highest BCUT2D eigenvalue weighted by atomic mass is 35.5. The summed E-state index contributed by atoms with van der Waals surface area (Å²) in [5, 5.41) is 19.2. The molecular formula is C14H10ClN3O2. The van der Waals surface area contributed by atoms with Crippen LogP contribution in [0.1, 0.15) is 15.9 Å². The Morgan fingerprint density at radius 3 is 2.90 bits per heavy atom. The second kappa shape index (κ2) is 6.66.